The van der Waals surface area contributed by atoms with Gasteiger partial charge in [-0.05, 0) is 91.4 Å². The van der Waals surface area contributed by atoms with Gasteiger partial charge in [-0.15, -0.1) is 0 Å². The first kappa shape index (κ1) is 24.5. The van der Waals surface area contributed by atoms with Crippen molar-refractivity contribution in [2.75, 3.05) is 13.2 Å². The molecule has 0 aromatic carbocycles. The molecule has 0 aromatic heterocycles. The number of rotatable bonds is 8. The highest BCUT2D eigenvalue weighted by Crippen LogP contribution is 2.66. The monoisotopic (exact) mass is 444 g/mol. The van der Waals surface area contributed by atoms with E-state index in [2.05, 4.69) is 40.7 Å². The van der Waals surface area contributed by atoms with Crippen LogP contribution in [0.3, 0.4) is 0 Å². The molecule has 0 bridgehead atoms. The van der Waals surface area contributed by atoms with Crippen LogP contribution >= 0.6 is 0 Å². The van der Waals surface area contributed by atoms with E-state index in [0.29, 0.717) is 29.6 Å². The molecule has 182 valence electrons. The lowest BCUT2D eigenvalue weighted by Crippen LogP contribution is -2.53. The summed E-state index contributed by atoms with van der Waals surface area (Å²) < 4.78 is 5.87. The average Bonchev–Trinajstić information content (AvgIpc) is 3.10. The Morgan fingerprint density at radius 3 is 2.56 bits per heavy atom. The van der Waals surface area contributed by atoms with Crippen LogP contribution in [0, 0.1) is 46.3 Å². The van der Waals surface area contributed by atoms with Gasteiger partial charge in [0.25, 0.3) is 0 Å². The van der Waals surface area contributed by atoms with Gasteiger partial charge in [-0.2, -0.15) is 0 Å². The van der Waals surface area contributed by atoms with Gasteiger partial charge in [0.1, 0.15) is 0 Å². The van der Waals surface area contributed by atoms with Gasteiger partial charge in [-0.1, -0.05) is 59.5 Å². The first-order valence-electron chi connectivity index (χ1n) is 13.7. The number of hydrogen-bond acceptors (Lipinski definition) is 3. The number of carbonyl (C=O) groups is 1. The van der Waals surface area contributed by atoms with Gasteiger partial charge in [0, 0.05) is 5.92 Å². The fourth-order valence-electron chi connectivity index (χ4n) is 8.75. The Balaban J connectivity index is 1.50. The molecule has 3 fully saturated rings. The van der Waals surface area contributed by atoms with Crippen molar-refractivity contribution in [1.29, 1.82) is 0 Å². The predicted molar refractivity (Wildman–Crippen MR) is 130 cm³/mol. The van der Waals surface area contributed by atoms with Crippen LogP contribution in [-0.4, -0.2) is 30.2 Å². The van der Waals surface area contributed by atoms with Crippen LogP contribution in [0.25, 0.3) is 0 Å². The molecule has 0 aliphatic heterocycles. The average molecular weight is 445 g/mol. The molecule has 0 aromatic rings. The lowest BCUT2D eigenvalue weighted by atomic mass is 9.46. The van der Waals surface area contributed by atoms with Gasteiger partial charge in [-0.3, -0.25) is 4.79 Å². The highest BCUT2D eigenvalue weighted by atomic mass is 16.5. The van der Waals surface area contributed by atoms with Crippen molar-refractivity contribution in [1.82, 2.24) is 0 Å². The zero-order valence-electron chi connectivity index (χ0n) is 21.4. The van der Waals surface area contributed by atoms with Crippen molar-refractivity contribution in [2.24, 2.45) is 46.3 Å². The minimum atomic E-state index is 0.0772. The normalized spacial score (nSPS) is 42.3. The van der Waals surface area contributed by atoms with E-state index in [1.807, 2.05) is 0 Å². The van der Waals surface area contributed by atoms with Crippen LogP contribution in [0.2, 0.25) is 0 Å². The Morgan fingerprint density at radius 2 is 1.84 bits per heavy atom. The largest absolute Gasteiger partial charge is 0.394 e. The van der Waals surface area contributed by atoms with Crippen molar-refractivity contribution >= 4 is 5.78 Å². The topological polar surface area (TPSA) is 46.5 Å². The van der Waals surface area contributed by atoms with Crippen molar-refractivity contribution in [2.45, 2.75) is 105 Å². The second kappa shape index (κ2) is 9.53. The third-order valence-electron chi connectivity index (χ3n) is 10.5. The third kappa shape index (κ3) is 4.26. The summed E-state index contributed by atoms with van der Waals surface area (Å²) in [6, 6.07) is 0. The lowest BCUT2D eigenvalue weighted by molar-refractivity contribution is -0.135. The van der Waals surface area contributed by atoms with Gasteiger partial charge in [0.15, 0.2) is 5.78 Å². The second-order valence-corrected chi connectivity index (χ2v) is 12.7. The number of ketones is 1. The SMILES string of the molecule is CC(C)CCC[C@@H](C)[C@H]1CC[C@H]2C3C(=O)C=C4C[C@@H](OCCO)CC[C@]4(C)C3CC[C@]12C. The molecule has 4 aliphatic carbocycles. The molecule has 0 radical (unpaired) electrons. The van der Waals surface area contributed by atoms with Crippen molar-refractivity contribution < 1.29 is 14.6 Å². The van der Waals surface area contributed by atoms with Crippen LogP contribution in [0.4, 0.5) is 0 Å². The Morgan fingerprint density at radius 1 is 1.06 bits per heavy atom. The summed E-state index contributed by atoms with van der Waals surface area (Å²) in [5.74, 6) is 4.12. The van der Waals surface area contributed by atoms with E-state index in [9.17, 15) is 4.79 Å². The molecule has 4 aliphatic rings. The van der Waals surface area contributed by atoms with Crippen LogP contribution < -0.4 is 0 Å². The van der Waals surface area contributed by atoms with Crippen molar-refractivity contribution in [3.63, 3.8) is 0 Å². The van der Waals surface area contributed by atoms with E-state index in [0.717, 1.165) is 37.0 Å². The number of allylic oxidation sites excluding steroid dienone is 1. The Labute approximate surface area is 196 Å². The van der Waals surface area contributed by atoms with E-state index >= 15 is 0 Å². The van der Waals surface area contributed by atoms with Crippen molar-refractivity contribution in [3.05, 3.63) is 11.6 Å². The highest BCUT2D eigenvalue weighted by molar-refractivity contribution is 5.94. The van der Waals surface area contributed by atoms with Gasteiger partial charge < -0.3 is 9.84 Å². The van der Waals surface area contributed by atoms with Gasteiger partial charge in [0.05, 0.1) is 19.3 Å². The highest BCUT2D eigenvalue weighted by Gasteiger charge is 2.61. The van der Waals surface area contributed by atoms with Crippen molar-refractivity contribution in [3.8, 4) is 0 Å². The summed E-state index contributed by atoms with van der Waals surface area (Å²) >= 11 is 0. The molecule has 2 unspecified atom stereocenters. The van der Waals surface area contributed by atoms with E-state index in [1.165, 1.54) is 50.5 Å². The van der Waals surface area contributed by atoms with E-state index in [1.54, 1.807) is 0 Å². The first-order chi connectivity index (χ1) is 15.2. The number of carbonyl (C=O) groups excluding carboxylic acids is 1. The van der Waals surface area contributed by atoms with Crippen LogP contribution in [0.5, 0.6) is 0 Å². The fourth-order valence-corrected chi connectivity index (χ4v) is 8.75. The zero-order valence-corrected chi connectivity index (χ0v) is 21.4. The van der Waals surface area contributed by atoms with Gasteiger partial charge >= 0.3 is 0 Å². The number of fused-ring (bicyclic) bond motifs is 5. The van der Waals surface area contributed by atoms with Crippen LogP contribution in [-0.2, 0) is 9.53 Å². The Hall–Kier alpha value is -0.670. The molecule has 0 amide bonds. The molecule has 0 spiro atoms. The van der Waals surface area contributed by atoms with Crippen LogP contribution in [0.1, 0.15) is 98.8 Å². The molecule has 3 heteroatoms. The van der Waals surface area contributed by atoms with E-state index in [4.69, 9.17) is 9.84 Å². The zero-order chi connectivity index (χ0) is 23.1. The number of aliphatic hydroxyl groups is 1. The fraction of sp³-hybridized carbons (Fsp3) is 0.897. The smallest absolute Gasteiger partial charge is 0.159 e. The first-order valence-corrected chi connectivity index (χ1v) is 13.7. The summed E-state index contributed by atoms with van der Waals surface area (Å²) in [6.45, 7) is 12.7. The van der Waals surface area contributed by atoms with E-state index < -0.39 is 0 Å². The van der Waals surface area contributed by atoms with Crippen LogP contribution in [0.15, 0.2) is 11.6 Å². The molecule has 8 atom stereocenters. The number of aliphatic hydroxyl groups excluding tert-OH is 1. The summed E-state index contributed by atoms with van der Waals surface area (Å²) in [4.78, 5) is 13.6. The maximum atomic E-state index is 13.6. The second-order valence-electron chi connectivity index (χ2n) is 12.7. The number of ether oxygens (including phenoxy) is 1. The standard InChI is InChI=1S/C29H48O3/c1-19(2)7-6-8-20(3)23-9-10-24-27-25(12-14-29(23,24)5)28(4)13-11-22(32-16-15-30)17-21(28)18-26(27)31/h18-20,22-25,27,30H,6-17H2,1-5H3/t20-,22+,23-,24+,25?,27?,28+,29-/m1/s1. The molecule has 1 N–H and O–H groups in total. The molecule has 3 nitrogen and oxygen atoms in total. The van der Waals surface area contributed by atoms with Gasteiger partial charge in [-0.25, -0.2) is 0 Å². The minimum Gasteiger partial charge on any atom is -0.394 e. The molecule has 32 heavy (non-hydrogen) atoms. The summed E-state index contributed by atoms with van der Waals surface area (Å²) in [5, 5.41) is 9.13. The summed E-state index contributed by atoms with van der Waals surface area (Å²) in [5.41, 5.74) is 1.86. The number of hydrogen-bond donors (Lipinski definition) is 1. The maximum Gasteiger partial charge on any atom is 0.159 e. The molecule has 3 saturated carbocycles. The maximum absolute atomic E-state index is 13.6. The molecular weight excluding hydrogens is 396 g/mol. The van der Waals surface area contributed by atoms with Gasteiger partial charge in [0.2, 0.25) is 0 Å². The molecular formula is C29H48O3. The Bertz CT molecular complexity index is 711. The van der Waals surface area contributed by atoms with E-state index in [-0.39, 0.29) is 24.0 Å². The third-order valence-corrected chi connectivity index (χ3v) is 10.5. The molecule has 0 heterocycles. The molecule has 0 saturated heterocycles. The minimum absolute atomic E-state index is 0.0772. The predicted octanol–water partition coefficient (Wildman–Crippen LogP) is 6.58. The summed E-state index contributed by atoms with van der Waals surface area (Å²) in [6.07, 6.45) is 14.4. The summed E-state index contributed by atoms with van der Waals surface area (Å²) in [7, 11) is 0. The lowest BCUT2D eigenvalue weighted by Gasteiger charge is -2.57. The molecule has 4 rings (SSSR count). The Kier molecular flexibility index (Phi) is 7.28. The quantitative estimate of drug-likeness (QED) is 0.460.